The molecule has 17 heavy (non-hydrogen) atoms. The largest absolute Gasteiger partial charge is 0.430 e. The molecule has 0 bridgehead atoms. The third-order valence-corrected chi connectivity index (χ3v) is 2.56. The Hall–Kier alpha value is -1.76. The van der Waals surface area contributed by atoms with Crippen LogP contribution in [0.2, 0.25) is 0 Å². The van der Waals surface area contributed by atoms with E-state index < -0.39 is 11.7 Å². The van der Waals surface area contributed by atoms with Gasteiger partial charge in [0.2, 0.25) is 0 Å². The minimum Gasteiger partial charge on any atom is -0.430 e. The molecule has 1 aromatic carbocycles. The Bertz CT molecular complexity index is 511. The van der Waals surface area contributed by atoms with Crippen LogP contribution in [0.1, 0.15) is 5.56 Å². The Morgan fingerprint density at radius 1 is 1.29 bits per heavy atom. The van der Waals surface area contributed by atoms with E-state index in [1.54, 1.807) is 5.38 Å². The van der Waals surface area contributed by atoms with Gasteiger partial charge in [-0.1, -0.05) is 11.3 Å². The second kappa shape index (κ2) is 4.25. The van der Waals surface area contributed by atoms with Crippen molar-refractivity contribution in [2.75, 3.05) is 5.73 Å². The molecular formula is C10H7F3N2OS. The lowest BCUT2D eigenvalue weighted by molar-refractivity contribution is -0.138. The van der Waals surface area contributed by atoms with E-state index in [9.17, 15) is 13.2 Å². The lowest BCUT2D eigenvalue weighted by Crippen LogP contribution is -2.07. The Morgan fingerprint density at radius 3 is 2.65 bits per heavy atom. The second-order valence-electron chi connectivity index (χ2n) is 3.15. The molecule has 0 radical (unpaired) electrons. The summed E-state index contributed by atoms with van der Waals surface area (Å²) in [5.41, 5.74) is 4.45. The number of ether oxygens (including phenoxy) is 1. The van der Waals surface area contributed by atoms with E-state index in [4.69, 9.17) is 10.5 Å². The molecule has 90 valence electrons. The van der Waals surface area contributed by atoms with Gasteiger partial charge in [0.1, 0.15) is 11.3 Å². The number of nitrogen functional groups attached to an aromatic ring is 1. The number of benzene rings is 1. The third-order valence-electron chi connectivity index (χ3n) is 1.92. The van der Waals surface area contributed by atoms with E-state index in [1.807, 2.05) is 0 Å². The third kappa shape index (κ3) is 2.68. The van der Waals surface area contributed by atoms with Gasteiger partial charge in [0.15, 0.2) is 0 Å². The summed E-state index contributed by atoms with van der Waals surface area (Å²) >= 11 is 1.11. The molecule has 2 N–H and O–H groups in total. The maximum Gasteiger partial charge on any atom is 0.420 e. The van der Waals surface area contributed by atoms with Crippen molar-refractivity contribution >= 4 is 17.0 Å². The number of anilines is 1. The van der Waals surface area contributed by atoms with Crippen LogP contribution in [0.15, 0.2) is 29.8 Å². The summed E-state index contributed by atoms with van der Waals surface area (Å²) in [6.07, 6.45) is -3.06. The Kier molecular flexibility index (Phi) is 2.93. The average molecular weight is 260 g/mol. The van der Waals surface area contributed by atoms with Gasteiger partial charge in [-0.2, -0.15) is 13.2 Å². The van der Waals surface area contributed by atoms with Gasteiger partial charge in [-0.3, -0.25) is 0 Å². The van der Waals surface area contributed by atoms with E-state index in [2.05, 4.69) is 4.98 Å². The summed E-state index contributed by atoms with van der Waals surface area (Å²) in [7, 11) is 0. The van der Waals surface area contributed by atoms with Gasteiger partial charge < -0.3 is 10.5 Å². The van der Waals surface area contributed by atoms with Crippen molar-refractivity contribution in [1.82, 2.24) is 4.98 Å². The number of nitrogens with two attached hydrogens (primary N) is 1. The maximum absolute atomic E-state index is 12.7. The van der Waals surface area contributed by atoms with Crippen molar-refractivity contribution in [3.63, 3.8) is 0 Å². The number of thiazole rings is 1. The molecule has 0 saturated heterocycles. The van der Waals surface area contributed by atoms with E-state index in [0.29, 0.717) is 0 Å². The Balaban J connectivity index is 2.40. The molecule has 0 fully saturated rings. The van der Waals surface area contributed by atoms with Crippen LogP contribution in [0.3, 0.4) is 0 Å². The van der Waals surface area contributed by atoms with Crippen LogP contribution in [-0.2, 0) is 6.18 Å². The topological polar surface area (TPSA) is 48.1 Å². The molecule has 0 unspecified atom stereocenters. The molecule has 1 aromatic heterocycles. The minimum absolute atomic E-state index is 0.0313. The zero-order valence-corrected chi connectivity index (χ0v) is 9.18. The maximum atomic E-state index is 12.7. The predicted molar refractivity (Wildman–Crippen MR) is 58.0 cm³/mol. The van der Waals surface area contributed by atoms with Crippen LogP contribution in [-0.4, -0.2) is 4.98 Å². The van der Waals surface area contributed by atoms with Gasteiger partial charge in [0.05, 0.1) is 0 Å². The van der Waals surface area contributed by atoms with Crippen molar-refractivity contribution in [2.45, 2.75) is 6.18 Å². The van der Waals surface area contributed by atoms with Gasteiger partial charge in [0, 0.05) is 17.3 Å². The number of aromatic nitrogens is 1. The average Bonchev–Trinajstić information content (AvgIpc) is 2.72. The zero-order valence-electron chi connectivity index (χ0n) is 8.36. The van der Waals surface area contributed by atoms with Crippen LogP contribution in [0.4, 0.5) is 18.9 Å². The summed E-state index contributed by atoms with van der Waals surface area (Å²) in [5, 5.41) is 1.76. The van der Waals surface area contributed by atoms with Crippen molar-refractivity contribution in [1.29, 1.82) is 0 Å². The second-order valence-corrected chi connectivity index (χ2v) is 4.01. The van der Waals surface area contributed by atoms with Crippen LogP contribution in [0.5, 0.6) is 10.9 Å². The molecule has 3 nitrogen and oxygen atoms in total. The van der Waals surface area contributed by atoms with E-state index >= 15 is 0 Å². The lowest BCUT2D eigenvalue weighted by Gasteiger charge is -2.12. The Morgan fingerprint density at radius 2 is 2.06 bits per heavy atom. The molecule has 0 amide bonds. The lowest BCUT2D eigenvalue weighted by atomic mass is 10.1. The van der Waals surface area contributed by atoms with Crippen molar-refractivity contribution in [2.24, 2.45) is 0 Å². The van der Waals surface area contributed by atoms with Gasteiger partial charge in [0.25, 0.3) is 5.19 Å². The molecule has 0 saturated carbocycles. The predicted octanol–water partition coefficient (Wildman–Crippen LogP) is 3.54. The van der Waals surface area contributed by atoms with Gasteiger partial charge in [-0.25, -0.2) is 4.98 Å². The highest BCUT2D eigenvalue weighted by Gasteiger charge is 2.35. The van der Waals surface area contributed by atoms with Crippen molar-refractivity contribution in [3.05, 3.63) is 35.3 Å². The Labute approximate surface area is 98.7 Å². The smallest absolute Gasteiger partial charge is 0.420 e. The summed E-state index contributed by atoms with van der Waals surface area (Å²) in [4.78, 5) is 3.75. The van der Waals surface area contributed by atoms with Crippen LogP contribution in [0, 0.1) is 0 Å². The van der Waals surface area contributed by atoms with Crippen LogP contribution < -0.4 is 10.5 Å². The first-order valence-electron chi connectivity index (χ1n) is 4.51. The molecule has 2 aromatic rings. The van der Waals surface area contributed by atoms with E-state index in [0.717, 1.165) is 17.4 Å². The fourth-order valence-electron chi connectivity index (χ4n) is 1.21. The normalized spacial score (nSPS) is 11.5. The van der Waals surface area contributed by atoms with Crippen molar-refractivity contribution < 1.29 is 17.9 Å². The SMILES string of the molecule is Nc1ccc(Oc2nccs2)c(C(F)(F)F)c1. The molecule has 0 aliphatic rings. The number of nitrogens with zero attached hydrogens (tertiary/aromatic N) is 1. The van der Waals surface area contributed by atoms with Crippen molar-refractivity contribution in [3.8, 4) is 10.9 Å². The first kappa shape index (κ1) is 11.7. The van der Waals surface area contributed by atoms with Gasteiger partial charge >= 0.3 is 6.18 Å². The number of hydrogen-bond donors (Lipinski definition) is 1. The standard InChI is InChI=1S/C10H7F3N2OS/c11-10(12,13)7-5-6(14)1-2-8(7)16-9-15-3-4-17-9/h1-5H,14H2. The fraction of sp³-hybridized carbons (Fsp3) is 0.100. The highest BCUT2D eigenvalue weighted by molar-refractivity contribution is 7.11. The number of hydrogen-bond acceptors (Lipinski definition) is 4. The van der Waals surface area contributed by atoms with Crippen LogP contribution in [0.25, 0.3) is 0 Å². The van der Waals surface area contributed by atoms with Crippen LogP contribution >= 0.6 is 11.3 Å². The number of halogens is 3. The summed E-state index contributed by atoms with van der Waals surface area (Å²) in [5.74, 6) is -0.304. The molecule has 7 heteroatoms. The molecule has 2 rings (SSSR count). The first-order chi connectivity index (χ1) is 7.97. The quantitative estimate of drug-likeness (QED) is 0.840. The molecular weight excluding hydrogens is 253 g/mol. The zero-order chi connectivity index (χ0) is 12.5. The summed E-state index contributed by atoms with van der Waals surface area (Å²) in [6, 6.07) is 3.36. The molecule has 0 aliphatic carbocycles. The van der Waals surface area contributed by atoms with Gasteiger partial charge in [-0.15, -0.1) is 0 Å². The van der Waals surface area contributed by atoms with E-state index in [1.165, 1.54) is 18.3 Å². The first-order valence-corrected chi connectivity index (χ1v) is 5.39. The highest BCUT2D eigenvalue weighted by Crippen LogP contribution is 2.39. The molecule has 0 aliphatic heterocycles. The molecule has 0 spiro atoms. The minimum atomic E-state index is -4.51. The molecule has 1 heterocycles. The summed E-state index contributed by atoms with van der Waals surface area (Å²) in [6.45, 7) is 0. The summed E-state index contributed by atoms with van der Waals surface area (Å²) < 4.78 is 43.2. The highest BCUT2D eigenvalue weighted by atomic mass is 32.1. The fourth-order valence-corrected chi connectivity index (χ4v) is 1.71. The monoisotopic (exact) mass is 260 g/mol. The van der Waals surface area contributed by atoms with Gasteiger partial charge in [-0.05, 0) is 18.2 Å². The number of rotatable bonds is 2. The molecule has 0 atom stereocenters. The van der Waals surface area contributed by atoms with E-state index in [-0.39, 0.29) is 16.6 Å². The number of alkyl halides is 3.